The summed E-state index contributed by atoms with van der Waals surface area (Å²) in [6.45, 7) is -1.64. The number of hydrogen-bond donors (Lipinski definition) is 1. The zero-order valence-electron chi connectivity index (χ0n) is 14.6. The Morgan fingerprint density at radius 2 is 1.14 bits per heavy atom. The summed E-state index contributed by atoms with van der Waals surface area (Å²) in [4.78, 5) is 22.3. The summed E-state index contributed by atoms with van der Waals surface area (Å²) in [5.41, 5.74) is 0. The van der Waals surface area contributed by atoms with Crippen LogP contribution in [0.2, 0.25) is 0 Å². The number of esters is 2. The van der Waals surface area contributed by atoms with Gasteiger partial charge >= 0.3 is 45.1 Å². The van der Waals surface area contributed by atoms with Crippen LogP contribution in [0.5, 0.6) is 0 Å². The van der Waals surface area contributed by atoms with Gasteiger partial charge in [0.25, 0.3) is 0 Å². The van der Waals surface area contributed by atoms with E-state index in [1.165, 1.54) is 0 Å². The molecule has 29 heavy (non-hydrogen) atoms. The van der Waals surface area contributed by atoms with Crippen LogP contribution < -0.4 is 0 Å². The Balaban J connectivity index is 4.28. The summed E-state index contributed by atoms with van der Waals surface area (Å²) in [5, 5.41) is -5.85. The maximum absolute atomic E-state index is 13.1. The molecule has 0 aliphatic rings. The van der Waals surface area contributed by atoms with Gasteiger partial charge in [-0.25, -0.2) is 8.78 Å². The van der Waals surface area contributed by atoms with E-state index in [0.717, 1.165) is 0 Å². The molecule has 0 spiro atoms. The fourth-order valence-corrected chi connectivity index (χ4v) is 2.01. The second-order valence-corrected chi connectivity index (χ2v) is 7.19. The minimum absolute atomic E-state index is 0.0485. The summed E-state index contributed by atoms with van der Waals surface area (Å²) in [7, 11) is -6.46. The molecule has 0 aliphatic carbocycles. The molecular weight excluding hydrogens is 452 g/mol. The number of alkyl halides is 8. The summed E-state index contributed by atoms with van der Waals surface area (Å²) in [6.07, 6.45) is -6.07. The van der Waals surface area contributed by atoms with Gasteiger partial charge in [0.05, 0.1) is 12.8 Å². The normalized spacial score (nSPS) is 13.9. The number of carbonyl (C=O) groups excluding carboxylic acids is 2. The average molecular weight is 468 g/mol. The van der Waals surface area contributed by atoms with Crippen molar-refractivity contribution in [3.8, 4) is 0 Å². The van der Waals surface area contributed by atoms with Gasteiger partial charge in [0.15, 0.2) is 0 Å². The Morgan fingerprint density at radius 1 is 0.793 bits per heavy atom. The first-order chi connectivity index (χ1) is 12.7. The van der Waals surface area contributed by atoms with Crippen molar-refractivity contribution in [3.63, 3.8) is 0 Å². The van der Waals surface area contributed by atoms with Crippen LogP contribution in [0.3, 0.4) is 0 Å². The van der Waals surface area contributed by atoms with E-state index in [-0.39, 0.29) is 6.92 Å². The van der Waals surface area contributed by atoms with E-state index in [1.807, 2.05) is 0 Å². The van der Waals surface area contributed by atoms with Crippen molar-refractivity contribution in [2.45, 2.75) is 55.6 Å². The van der Waals surface area contributed by atoms with E-state index in [9.17, 15) is 53.1 Å². The Hall–Kier alpha value is -1.71. The lowest BCUT2D eigenvalue weighted by Crippen LogP contribution is -2.47. The van der Waals surface area contributed by atoms with Crippen molar-refractivity contribution in [1.29, 1.82) is 0 Å². The third kappa shape index (κ3) is 7.91. The molecule has 1 N–H and O–H groups in total. The Kier molecular flexibility index (Phi) is 8.85. The molecule has 0 radical (unpaired) electrons. The monoisotopic (exact) mass is 468 g/mol. The van der Waals surface area contributed by atoms with Crippen molar-refractivity contribution in [2.75, 3.05) is 13.2 Å². The van der Waals surface area contributed by atoms with Crippen LogP contribution in [0.4, 0.5) is 35.1 Å². The average Bonchev–Trinajstić information content (AvgIpc) is 2.53. The maximum Gasteiger partial charge on any atom is 0.431 e. The predicted octanol–water partition coefficient (Wildman–Crippen LogP) is 3.04. The highest BCUT2D eigenvalue weighted by Gasteiger charge is 2.65. The maximum atomic E-state index is 13.1. The van der Waals surface area contributed by atoms with Crippen molar-refractivity contribution < 1.29 is 67.2 Å². The van der Waals surface area contributed by atoms with E-state index in [0.29, 0.717) is 0 Å². The zero-order chi connectivity index (χ0) is 23.3. The lowest BCUT2D eigenvalue weighted by molar-refractivity contribution is -0.203. The summed E-state index contributed by atoms with van der Waals surface area (Å²) >= 11 is 0. The lowest BCUT2D eigenvalue weighted by Gasteiger charge is -2.23. The van der Waals surface area contributed by atoms with Gasteiger partial charge in [-0.05, 0) is 0 Å². The molecule has 0 aliphatic heterocycles. The first-order valence-corrected chi connectivity index (χ1v) is 8.98. The minimum atomic E-state index is -6.46. The first kappa shape index (κ1) is 27.3. The number of ether oxygens (including phenoxy) is 2. The molecule has 0 amide bonds. The highest BCUT2D eigenvalue weighted by atomic mass is 32.2. The molecule has 0 fully saturated rings. The van der Waals surface area contributed by atoms with Crippen molar-refractivity contribution >= 4 is 22.1 Å². The Bertz CT molecular complexity index is 688. The third-order valence-electron chi connectivity index (χ3n) is 3.29. The van der Waals surface area contributed by atoms with Crippen LogP contribution in [0.15, 0.2) is 0 Å². The molecule has 0 bridgehead atoms. The molecule has 0 heterocycles. The first-order valence-electron chi connectivity index (χ1n) is 7.54. The van der Waals surface area contributed by atoms with Gasteiger partial charge in [-0.3, -0.25) is 14.1 Å². The number of carbonyl (C=O) groups is 2. The highest BCUT2D eigenvalue weighted by molar-refractivity contribution is 7.87. The molecule has 0 aromatic rings. The van der Waals surface area contributed by atoms with Crippen LogP contribution in [-0.4, -0.2) is 61.1 Å². The fraction of sp³-hybridized carbons (Fsp3) is 0.846. The zero-order valence-corrected chi connectivity index (χ0v) is 15.4. The molecule has 0 rings (SSSR count). The van der Waals surface area contributed by atoms with Crippen LogP contribution >= 0.6 is 0 Å². The van der Waals surface area contributed by atoms with Crippen LogP contribution in [0, 0.1) is 0 Å². The second-order valence-electron chi connectivity index (χ2n) is 5.73. The standard InChI is InChI=1S/C13H16F8O7S/c1-10(14,15)11(16,17)4-2-8(22)27-6-7-28-9(23)3-5-12(18,19)13(20,21)29(24,25)26/h2-7H2,1H3,(H,24,25,26). The molecular formula is C13H16F8O7S. The van der Waals surface area contributed by atoms with E-state index in [1.54, 1.807) is 0 Å². The molecule has 7 nitrogen and oxygen atoms in total. The third-order valence-corrected chi connectivity index (χ3v) is 4.23. The quantitative estimate of drug-likeness (QED) is 0.203. The highest BCUT2D eigenvalue weighted by Crippen LogP contribution is 2.41. The van der Waals surface area contributed by atoms with Crippen LogP contribution in [0.25, 0.3) is 0 Å². The van der Waals surface area contributed by atoms with Gasteiger partial charge < -0.3 is 9.47 Å². The smallest absolute Gasteiger partial charge is 0.431 e. The van der Waals surface area contributed by atoms with Crippen molar-refractivity contribution in [1.82, 2.24) is 0 Å². The molecule has 0 unspecified atom stereocenters. The number of halogens is 8. The van der Waals surface area contributed by atoms with Crippen molar-refractivity contribution in [3.05, 3.63) is 0 Å². The van der Waals surface area contributed by atoms with Gasteiger partial charge in [-0.15, -0.1) is 0 Å². The van der Waals surface area contributed by atoms with Crippen LogP contribution in [0.1, 0.15) is 32.6 Å². The van der Waals surface area contributed by atoms with Crippen LogP contribution in [-0.2, 0) is 29.2 Å². The topological polar surface area (TPSA) is 107 Å². The SMILES string of the molecule is CC(F)(F)C(F)(F)CCC(=O)OCCOC(=O)CCC(F)(F)C(F)(F)S(=O)(=O)O. The summed E-state index contributed by atoms with van der Waals surface area (Å²) in [5.74, 6) is -17.1. The van der Waals surface area contributed by atoms with Gasteiger partial charge in [0, 0.05) is 19.8 Å². The molecule has 0 saturated heterocycles. The molecule has 16 heteroatoms. The second kappa shape index (κ2) is 9.40. The molecule has 0 aromatic carbocycles. The Morgan fingerprint density at radius 3 is 1.45 bits per heavy atom. The lowest BCUT2D eigenvalue weighted by atomic mass is 10.1. The predicted molar refractivity (Wildman–Crippen MR) is 77.4 cm³/mol. The molecule has 172 valence electrons. The van der Waals surface area contributed by atoms with E-state index < -0.39 is 84.0 Å². The Labute approximate surface area is 159 Å². The van der Waals surface area contributed by atoms with Gasteiger partial charge in [0.1, 0.15) is 13.2 Å². The van der Waals surface area contributed by atoms with E-state index >= 15 is 0 Å². The molecule has 0 atom stereocenters. The molecule has 0 saturated carbocycles. The number of hydrogen-bond acceptors (Lipinski definition) is 6. The van der Waals surface area contributed by atoms with Crippen molar-refractivity contribution in [2.24, 2.45) is 0 Å². The fourth-order valence-electron chi connectivity index (χ4n) is 1.53. The summed E-state index contributed by atoms with van der Waals surface area (Å²) < 4.78 is 140. The molecule has 0 aromatic heterocycles. The minimum Gasteiger partial charge on any atom is -0.462 e. The van der Waals surface area contributed by atoms with E-state index in [4.69, 9.17) is 4.55 Å². The largest absolute Gasteiger partial charge is 0.462 e. The van der Waals surface area contributed by atoms with E-state index in [2.05, 4.69) is 9.47 Å². The summed E-state index contributed by atoms with van der Waals surface area (Å²) in [6, 6.07) is 0. The number of rotatable bonds is 12. The van der Waals surface area contributed by atoms with Gasteiger partial charge in [-0.1, -0.05) is 0 Å². The van der Waals surface area contributed by atoms with Gasteiger partial charge in [-0.2, -0.15) is 34.8 Å². The van der Waals surface area contributed by atoms with Gasteiger partial charge in [0.2, 0.25) is 0 Å².